The van der Waals surface area contributed by atoms with Crippen molar-refractivity contribution in [3.8, 4) is 5.75 Å². The summed E-state index contributed by atoms with van der Waals surface area (Å²) in [5.41, 5.74) is 0.401. The summed E-state index contributed by atoms with van der Waals surface area (Å²) in [6.45, 7) is 1.61. The lowest BCUT2D eigenvalue weighted by Crippen LogP contribution is -2.30. The van der Waals surface area contributed by atoms with Gasteiger partial charge in [-0.25, -0.2) is 4.39 Å². The van der Waals surface area contributed by atoms with Crippen LogP contribution < -0.4 is 10.1 Å². The first kappa shape index (κ1) is 15.6. The Balaban J connectivity index is 1.98. The number of ether oxygens (including phenoxy) is 1. The van der Waals surface area contributed by atoms with E-state index in [1.807, 2.05) is 0 Å². The van der Waals surface area contributed by atoms with Crippen LogP contribution in [0.15, 0.2) is 42.5 Å². The van der Waals surface area contributed by atoms with Crippen LogP contribution in [0.3, 0.4) is 0 Å². The summed E-state index contributed by atoms with van der Waals surface area (Å²) in [5.74, 6) is -0.382. The molecule has 110 valence electrons. The molecule has 0 spiro atoms. The molecular weight excluding hydrogens is 316 g/mol. The normalized spacial score (nSPS) is 11.8. The first-order valence-electron chi connectivity index (χ1n) is 6.14. The predicted octanol–water partition coefficient (Wildman–Crippen LogP) is 4.54. The van der Waals surface area contributed by atoms with Crippen molar-refractivity contribution in [3.05, 3.63) is 58.3 Å². The monoisotopic (exact) mass is 327 g/mol. The van der Waals surface area contributed by atoms with E-state index >= 15 is 0 Å². The number of carbonyl (C=O) groups excluding carboxylic acids is 1. The third-order valence-electron chi connectivity index (χ3n) is 2.68. The van der Waals surface area contributed by atoms with E-state index in [-0.39, 0.29) is 10.9 Å². The van der Waals surface area contributed by atoms with Crippen LogP contribution >= 0.6 is 23.2 Å². The summed E-state index contributed by atoms with van der Waals surface area (Å²) in [5, 5.41) is 3.13. The van der Waals surface area contributed by atoms with E-state index in [4.69, 9.17) is 27.9 Å². The molecule has 6 heteroatoms. The molecule has 1 atom stereocenters. The molecule has 2 rings (SSSR count). The van der Waals surface area contributed by atoms with Gasteiger partial charge in [0.25, 0.3) is 5.91 Å². The fourth-order valence-corrected chi connectivity index (χ4v) is 1.90. The number of hydrogen-bond acceptors (Lipinski definition) is 2. The Morgan fingerprint density at radius 3 is 2.48 bits per heavy atom. The van der Waals surface area contributed by atoms with Gasteiger partial charge >= 0.3 is 0 Å². The molecule has 2 aromatic carbocycles. The van der Waals surface area contributed by atoms with Crippen molar-refractivity contribution in [2.75, 3.05) is 5.32 Å². The minimum Gasteiger partial charge on any atom is -0.481 e. The van der Waals surface area contributed by atoms with Gasteiger partial charge in [0.15, 0.2) is 6.10 Å². The Morgan fingerprint density at radius 1 is 1.19 bits per heavy atom. The van der Waals surface area contributed by atoms with E-state index in [1.54, 1.807) is 31.2 Å². The first-order chi connectivity index (χ1) is 9.95. The van der Waals surface area contributed by atoms with Gasteiger partial charge in [-0.3, -0.25) is 4.79 Å². The zero-order valence-corrected chi connectivity index (χ0v) is 12.6. The van der Waals surface area contributed by atoms with Gasteiger partial charge in [-0.05, 0) is 49.4 Å². The molecule has 0 bridgehead atoms. The molecule has 0 unspecified atom stereocenters. The molecule has 1 N–H and O–H groups in total. The fourth-order valence-electron chi connectivity index (χ4n) is 1.59. The van der Waals surface area contributed by atoms with Crippen LogP contribution in [0, 0.1) is 5.82 Å². The molecule has 0 saturated carbocycles. The molecule has 0 aliphatic rings. The number of halogens is 3. The molecule has 0 aromatic heterocycles. The molecule has 0 fully saturated rings. The molecule has 3 nitrogen and oxygen atoms in total. The lowest BCUT2D eigenvalue weighted by atomic mass is 10.3. The third kappa shape index (κ3) is 4.34. The summed E-state index contributed by atoms with van der Waals surface area (Å²) in [7, 11) is 0. The van der Waals surface area contributed by atoms with Crippen LogP contribution in [0.1, 0.15) is 6.92 Å². The van der Waals surface area contributed by atoms with Crippen molar-refractivity contribution >= 4 is 34.8 Å². The number of nitrogens with one attached hydrogen (secondary N) is 1. The second-order valence-corrected chi connectivity index (χ2v) is 5.18. The van der Waals surface area contributed by atoms with Crippen LogP contribution in [-0.4, -0.2) is 12.0 Å². The number of anilines is 1. The number of rotatable bonds is 4. The van der Waals surface area contributed by atoms with E-state index in [0.29, 0.717) is 16.5 Å². The second-order valence-electron chi connectivity index (χ2n) is 4.33. The van der Waals surface area contributed by atoms with E-state index in [2.05, 4.69) is 5.32 Å². The molecular formula is C15H12Cl2FNO2. The number of carbonyl (C=O) groups is 1. The first-order valence-corrected chi connectivity index (χ1v) is 6.89. The summed E-state index contributed by atoms with van der Waals surface area (Å²) >= 11 is 11.4. The quantitative estimate of drug-likeness (QED) is 0.895. The molecule has 1 amide bonds. The van der Waals surface area contributed by atoms with Crippen molar-refractivity contribution in [2.24, 2.45) is 0 Å². The van der Waals surface area contributed by atoms with Crippen molar-refractivity contribution in [2.45, 2.75) is 13.0 Å². The zero-order chi connectivity index (χ0) is 15.4. The van der Waals surface area contributed by atoms with E-state index < -0.39 is 11.9 Å². The predicted molar refractivity (Wildman–Crippen MR) is 81.6 cm³/mol. The van der Waals surface area contributed by atoms with Crippen molar-refractivity contribution < 1.29 is 13.9 Å². The highest BCUT2D eigenvalue weighted by molar-refractivity contribution is 6.31. The maximum absolute atomic E-state index is 13.0. The smallest absolute Gasteiger partial charge is 0.265 e. The topological polar surface area (TPSA) is 38.3 Å². The molecule has 21 heavy (non-hydrogen) atoms. The minimum absolute atomic E-state index is 0.0564. The van der Waals surface area contributed by atoms with Gasteiger partial charge in [0.1, 0.15) is 11.6 Å². The maximum atomic E-state index is 13.0. The highest BCUT2D eigenvalue weighted by Crippen LogP contribution is 2.20. The van der Waals surface area contributed by atoms with Gasteiger partial charge in [-0.1, -0.05) is 23.2 Å². The van der Waals surface area contributed by atoms with E-state index in [9.17, 15) is 9.18 Å². The standard InChI is InChI=1S/C15H12Cl2FNO2/c1-9(21-12-5-2-10(16)3-6-12)15(20)19-11-4-7-14(18)13(17)8-11/h2-9H,1H3,(H,19,20)/t9-/m1/s1. The lowest BCUT2D eigenvalue weighted by Gasteiger charge is -2.15. The van der Waals surface area contributed by atoms with Gasteiger partial charge in [0.05, 0.1) is 5.02 Å². The molecule has 0 saturated heterocycles. The molecule has 0 radical (unpaired) electrons. The largest absolute Gasteiger partial charge is 0.481 e. The van der Waals surface area contributed by atoms with Gasteiger partial charge in [0.2, 0.25) is 0 Å². The Morgan fingerprint density at radius 2 is 1.86 bits per heavy atom. The number of benzene rings is 2. The number of hydrogen-bond donors (Lipinski definition) is 1. The maximum Gasteiger partial charge on any atom is 0.265 e. The Labute approximate surface area is 131 Å². The van der Waals surface area contributed by atoms with Gasteiger partial charge in [-0.2, -0.15) is 0 Å². The number of amides is 1. The van der Waals surface area contributed by atoms with Crippen molar-refractivity contribution in [1.29, 1.82) is 0 Å². The average Bonchev–Trinajstić information content (AvgIpc) is 2.45. The summed E-state index contributed by atoms with van der Waals surface area (Å²) in [4.78, 5) is 12.0. The van der Waals surface area contributed by atoms with Gasteiger partial charge < -0.3 is 10.1 Å². The summed E-state index contributed by atoms with van der Waals surface area (Å²) in [6.07, 6.45) is -0.727. The van der Waals surface area contributed by atoms with Gasteiger partial charge in [0, 0.05) is 10.7 Å². The lowest BCUT2D eigenvalue weighted by molar-refractivity contribution is -0.122. The summed E-state index contributed by atoms with van der Waals surface area (Å²) < 4.78 is 18.5. The third-order valence-corrected chi connectivity index (χ3v) is 3.22. The van der Waals surface area contributed by atoms with Crippen LogP contribution in [0.4, 0.5) is 10.1 Å². The molecule has 0 aliphatic heterocycles. The SMILES string of the molecule is C[C@@H](Oc1ccc(Cl)cc1)C(=O)Nc1ccc(F)c(Cl)c1. The van der Waals surface area contributed by atoms with Crippen LogP contribution in [-0.2, 0) is 4.79 Å². The highest BCUT2D eigenvalue weighted by atomic mass is 35.5. The molecule has 0 aliphatic carbocycles. The summed E-state index contributed by atoms with van der Waals surface area (Å²) in [6, 6.07) is 10.6. The second kappa shape index (κ2) is 6.78. The molecule has 0 heterocycles. The van der Waals surface area contributed by atoms with E-state index in [1.165, 1.54) is 18.2 Å². The van der Waals surface area contributed by atoms with Crippen LogP contribution in [0.2, 0.25) is 10.0 Å². The van der Waals surface area contributed by atoms with Gasteiger partial charge in [-0.15, -0.1) is 0 Å². The Kier molecular flexibility index (Phi) is 5.04. The van der Waals surface area contributed by atoms with E-state index in [0.717, 1.165) is 0 Å². The van der Waals surface area contributed by atoms with Crippen molar-refractivity contribution in [3.63, 3.8) is 0 Å². The minimum atomic E-state index is -0.727. The Hall–Kier alpha value is -1.78. The zero-order valence-electron chi connectivity index (χ0n) is 11.1. The average molecular weight is 328 g/mol. The highest BCUT2D eigenvalue weighted by Gasteiger charge is 2.15. The van der Waals surface area contributed by atoms with Crippen molar-refractivity contribution in [1.82, 2.24) is 0 Å². The fraction of sp³-hybridized carbons (Fsp3) is 0.133. The van der Waals surface area contributed by atoms with Crippen LogP contribution in [0.5, 0.6) is 5.75 Å². The molecule has 2 aromatic rings. The Bertz CT molecular complexity index is 647. The van der Waals surface area contributed by atoms with Crippen LogP contribution in [0.25, 0.3) is 0 Å².